The van der Waals surface area contributed by atoms with Gasteiger partial charge in [0.05, 0.1) is 17.0 Å². The van der Waals surface area contributed by atoms with Gasteiger partial charge in [0.25, 0.3) is 0 Å². The number of fused-ring (bicyclic) bond motifs is 1. The highest BCUT2D eigenvalue weighted by atomic mass is 32.2. The molecule has 6 nitrogen and oxygen atoms in total. The fourth-order valence-corrected chi connectivity index (χ4v) is 4.59. The molecule has 3 rings (SSSR count). The maximum atomic E-state index is 11.5. The topological polar surface area (TPSA) is 95.3 Å². The van der Waals surface area contributed by atoms with Crippen LogP contribution in [0, 0.1) is 5.92 Å². The summed E-state index contributed by atoms with van der Waals surface area (Å²) in [6, 6.07) is 4.97. The molecule has 0 radical (unpaired) electrons. The Labute approximate surface area is 116 Å². The molecule has 0 bridgehead atoms. The van der Waals surface area contributed by atoms with Crippen LogP contribution in [0.4, 0.5) is 0 Å². The summed E-state index contributed by atoms with van der Waals surface area (Å²) >= 11 is 0. The summed E-state index contributed by atoms with van der Waals surface area (Å²) in [5.74, 6) is -0.166. The molecule has 0 aliphatic carbocycles. The number of rotatable bonds is 2. The first-order valence-corrected chi connectivity index (χ1v) is 8.25. The number of hydrogen-bond donors (Lipinski definition) is 1. The average Bonchev–Trinajstić information content (AvgIpc) is 2.89. The lowest BCUT2D eigenvalue weighted by Crippen LogP contribution is -2.22. The van der Waals surface area contributed by atoms with Gasteiger partial charge in [-0.05, 0) is 30.0 Å². The second-order valence-electron chi connectivity index (χ2n) is 5.34. The molecule has 2 unspecified atom stereocenters. The zero-order valence-electron chi connectivity index (χ0n) is 11.1. The van der Waals surface area contributed by atoms with Crippen molar-refractivity contribution in [3.8, 4) is 0 Å². The molecule has 1 fully saturated rings. The highest BCUT2D eigenvalue weighted by molar-refractivity contribution is 7.91. The fraction of sp³-hybridized carbons (Fsp3) is 0.462. The second kappa shape index (κ2) is 4.46. The normalized spacial score (nSPS) is 23.2. The highest BCUT2D eigenvalue weighted by Gasteiger charge is 2.32. The van der Waals surface area contributed by atoms with Gasteiger partial charge in [0.15, 0.2) is 15.4 Å². The molecule has 108 valence electrons. The quantitative estimate of drug-likeness (QED) is 0.874. The molecule has 2 heterocycles. The van der Waals surface area contributed by atoms with Gasteiger partial charge in [-0.15, -0.1) is 0 Å². The van der Waals surface area contributed by atoms with Crippen LogP contribution in [0.5, 0.6) is 0 Å². The van der Waals surface area contributed by atoms with E-state index in [2.05, 4.69) is 0 Å². The van der Waals surface area contributed by atoms with E-state index >= 15 is 0 Å². The number of hydrogen-bond acceptors (Lipinski definition) is 5. The van der Waals surface area contributed by atoms with Gasteiger partial charge in [-0.25, -0.2) is 13.2 Å². The van der Waals surface area contributed by atoms with Crippen molar-refractivity contribution in [2.24, 2.45) is 18.7 Å². The van der Waals surface area contributed by atoms with Crippen molar-refractivity contribution in [1.29, 1.82) is 0 Å². The van der Waals surface area contributed by atoms with Crippen LogP contribution in [0.3, 0.4) is 0 Å². The standard InChI is InChI=1S/C13H16N2O4S/c1-15-10-3-2-8(6-11(10)19-13(15)16)12(14)9-4-5-20(17,18)7-9/h2-3,6,9,12H,4-5,7,14H2,1H3. The SMILES string of the molecule is Cn1c(=O)oc2cc(C(N)C3CCS(=O)(=O)C3)ccc21. The lowest BCUT2D eigenvalue weighted by Gasteiger charge is -2.17. The van der Waals surface area contributed by atoms with Crippen LogP contribution in [-0.4, -0.2) is 24.5 Å². The fourth-order valence-electron chi connectivity index (χ4n) is 2.74. The van der Waals surface area contributed by atoms with Crippen LogP contribution >= 0.6 is 0 Å². The van der Waals surface area contributed by atoms with Crippen LogP contribution in [0.1, 0.15) is 18.0 Å². The molecule has 2 aromatic rings. The monoisotopic (exact) mass is 296 g/mol. The van der Waals surface area contributed by atoms with Gasteiger partial charge >= 0.3 is 5.76 Å². The summed E-state index contributed by atoms with van der Waals surface area (Å²) in [6.07, 6.45) is 0.584. The van der Waals surface area contributed by atoms with Gasteiger partial charge in [-0.2, -0.15) is 0 Å². The summed E-state index contributed by atoms with van der Waals surface area (Å²) < 4.78 is 29.6. The molecule has 0 saturated carbocycles. The molecule has 20 heavy (non-hydrogen) atoms. The zero-order valence-corrected chi connectivity index (χ0v) is 11.9. The van der Waals surface area contributed by atoms with Crippen molar-refractivity contribution in [3.63, 3.8) is 0 Å². The van der Waals surface area contributed by atoms with Crippen LogP contribution in [-0.2, 0) is 16.9 Å². The number of nitrogens with two attached hydrogens (primary N) is 1. The van der Waals surface area contributed by atoms with Gasteiger partial charge in [0, 0.05) is 13.1 Å². The Morgan fingerprint density at radius 2 is 2.20 bits per heavy atom. The van der Waals surface area contributed by atoms with E-state index in [1.165, 1.54) is 4.57 Å². The average molecular weight is 296 g/mol. The molecular formula is C13H16N2O4S. The number of benzene rings is 1. The number of aryl methyl sites for hydroxylation is 1. The van der Waals surface area contributed by atoms with Crippen molar-refractivity contribution in [2.45, 2.75) is 12.5 Å². The Balaban J connectivity index is 1.96. The number of sulfone groups is 1. The maximum Gasteiger partial charge on any atom is 0.419 e. The van der Waals surface area contributed by atoms with E-state index in [0.717, 1.165) is 5.56 Å². The Morgan fingerprint density at radius 1 is 1.45 bits per heavy atom. The molecule has 0 amide bonds. The molecule has 1 saturated heterocycles. The summed E-state index contributed by atoms with van der Waals surface area (Å²) in [6.45, 7) is 0. The minimum atomic E-state index is -2.95. The van der Waals surface area contributed by atoms with Gasteiger partial charge in [-0.3, -0.25) is 4.57 Å². The Bertz CT molecular complexity index is 818. The van der Waals surface area contributed by atoms with Crippen LogP contribution in [0.15, 0.2) is 27.4 Å². The molecule has 7 heteroatoms. The summed E-state index contributed by atoms with van der Waals surface area (Å²) in [7, 11) is -1.31. The number of oxazole rings is 1. The van der Waals surface area contributed by atoms with Gasteiger partial charge in [-0.1, -0.05) is 6.07 Å². The first kappa shape index (κ1) is 13.4. The first-order chi connectivity index (χ1) is 9.37. The van der Waals surface area contributed by atoms with Gasteiger partial charge < -0.3 is 10.2 Å². The minimum Gasteiger partial charge on any atom is -0.408 e. The third-order valence-electron chi connectivity index (χ3n) is 3.98. The van der Waals surface area contributed by atoms with E-state index in [1.807, 2.05) is 6.07 Å². The van der Waals surface area contributed by atoms with Gasteiger partial charge in [0.1, 0.15) is 0 Å². The van der Waals surface area contributed by atoms with Crippen molar-refractivity contribution in [1.82, 2.24) is 4.57 Å². The van der Waals surface area contributed by atoms with E-state index in [9.17, 15) is 13.2 Å². The molecule has 2 N–H and O–H groups in total. The van der Waals surface area contributed by atoms with E-state index in [0.29, 0.717) is 17.5 Å². The third-order valence-corrected chi connectivity index (χ3v) is 5.77. The summed E-state index contributed by atoms with van der Waals surface area (Å²) in [5, 5.41) is 0. The predicted molar refractivity (Wildman–Crippen MR) is 75.1 cm³/mol. The van der Waals surface area contributed by atoms with Crippen molar-refractivity contribution < 1.29 is 12.8 Å². The van der Waals surface area contributed by atoms with Crippen LogP contribution < -0.4 is 11.5 Å². The minimum absolute atomic E-state index is 0.0760. The molecular weight excluding hydrogens is 280 g/mol. The highest BCUT2D eigenvalue weighted by Crippen LogP contribution is 2.30. The smallest absolute Gasteiger partial charge is 0.408 e. The zero-order chi connectivity index (χ0) is 14.5. The third kappa shape index (κ3) is 2.16. The molecule has 1 aromatic carbocycles. The molecule has 1 aliphatic heterocycles. The number of aromatic nitrogens is 1. The maximum absolute atomic E-state index is 11.5. The lowest BCUT2D eigenvalue weighted by atomic mass is 9.93. The van der Waals surface area contributed by atoms with E-state index < -0.39 is 15.6 Å². The Hall–Kier alpha value is -1.60. The Morgan fingerprint density at radius 3 is 2.85 bits per heavy atom. The van der Waals surface area contributed by atoms with E-state index in [4.69, 9.17) is 10.2 Å². The molecule has 1 aromatic heterocycles. The first-order valence-electron chi connectivity index (χ1n) is 6.43. The van der Waals surface area contributed by atoms with Crippen molar-refractivity contribution in [3.05, 3.63) is 34.3 Å². The van der Waals surface area contributed by atoms with Crippen LogP contribution in [0.2, 0.25) is 0 Å². The second-order valence-corrected chi connectivity index (χ2v) is 7.57. The molecule has 2 atom stereocenters. The summed E-state index contributed by atoms with van der Waals surface area (Å²) in [4.78, 5) is 11.4. The molecule has 0 spiro atoms. The van der Waals surface area contributed by atoms with E-state index in [1.54, 1.807) is 19.2 Å². The molecule has 1 aliphatic rings. The van der Waals surface area contributed by atoms with E-state index in [-0.39, 0.29) is 23.5 Å². The van der Waals surface area contributed by atoms with Crippen molar-refractivity contribution in [2.75, 3.05) is 11.5 Å². The van der Waals surface area contributed by atoms with Crippen molar-refractivity contribution >= 4 is 20.9 Å². The number of nitrogens with zero attached hydrogens (tertiary/aromatic N) is 1. The lowest BCUT2D eigenvalue weighted by molar-refractivity contribution is 0.479. The van der Waals surface area contributed by atoms with Crippen LogP contribution in [0.25, 0.3) is 11.1 Å². The predicted octanol–water partition coefficient (Wildman–Crippen LogP) is 0.566. The summed E-state index contributed by atoms with van der Waals surface area (Å²) in [5.41, 5.74) is 8.14. The largest absolute Gasteiger partial charge is 0.419 e. The Kier molecular flexibility index (Phi) is 2.98. The van der Waals surface area contributed by atoms with Gasteiger partial charge in [0.2, 0.25) is 0 Å².